The molecule has 1 aliphatic heterocycles. The smallest absolute Gasteiger partial charge is 0.260 e. The molecule has 1 aliphatic rings. The summed E-state index contributed by atoms with van der Waals surface area (Å²) in [5.41, 5.74) is 1.05. The van der Waals surface area contributed by atoms with Crippen LogP contribution >= 0.6 is 11.8 Å². The number of anilines is 1. The molecule has 0 bridgehead atoms. The maximum absolute atomic E-state index is 12.6. The molecule has 2 amide bonds. The Morgan fingerprint density at radius 2 is 1.90 bits per heavy atom. The molecule has 0 unspecified atom stereocenters. The number of pyridine rings is 1. The standard InChI is InChI=1S/C22H27N3O4S/c1-3-28-19-13-16(22(27)24-17-8-10-20(30-2)23-14-17)7-9-18(19)29-15-21(26)25-11-5-4-6-12-25/h7-10,13-14H,3-6,11-12,15H2,1-2H3,(H,24,27). The van der Waals surface area contributed by atoms with Gasteiger partial charge in [-0.15, -0.1) is 11.8 Å². The van der Waals surface area contributed by atoms with Gasteiger partial charge in [-0.2, -0.15) is 0 Å². The van der Waals surface area contributed by atoms with Crippen LogP contribution in [0.1, 0.15) is 36.5 Å². The summed E-state index contributed by atoms with van der Waals surface area (Å²) in [7, 11) is 0. The zero-order valence-electron chi connectivity index (χ0n) is 17.3. The molecular formula is C22H27N3O4S. The first-order valence-electron chi connectivity index (χ1n) is 10.1. The highest BCUT2D eigenvalue weighted by molar-refractivity contribution is 7.98. The summed E-state index contributed by atoms with van der Waals surface area (Å²) in [6.45, 7) is 3.80. The van der Waals surface area contributed by atoms with Crippen molar-refractivity contribution < 1.29 is 19.1 Å². The third-order valence-corrected chi connectivity index (χ3v) is 5.43. The molecule has 3 rings (SSSR count). The van der Waals surface area contributed by atoms with Gasteiger partial charge in [0.25, 0.3) is 11.8 Å². The van der Waals surface area contributed by atoms with E-state index in [2.05, 4.69) is 10.3 Å². The first-order chi connectivity index (χ1) is 14.6. The first kappa shape index (κ1) is 22.0. The number of carbonyl (C=O) groups is 2. The van der Waals surface area contributed by atoms with Gasteiger partial charge in [-0.1, -0.05) is 0 Å². The molecule has 2 heterocycles. The highest BCUT2D eigenvalue weighted by atomic mass is 32.2. The van der Waals surface area contributed by atoms with Gasteiger partial charge >= 0.3 is 0 Å². The van der Waals surface area contributed by atoms with Crippen LogP contribution in [0.25, 0.3) is 0 Å². The van der Waals surface area contributed by atoms with E-state index in [0.29, 0.717) is 29.4 Å². The second-order valence-electron chi connectivity index (χ2n) is 6.87. The maximum Gasteiger partial charge on any atom is 0.260 e. The fourth-order valence-corrected chi connectivity index (χ4v) is 3.55. The maximum atomic E-state index is 12.6. The van der Waals surface area contributed by atoms with Gasteiger partial charge in [0, 0.05) is 18.7 Å². The Labute approximate surface area is 181 Å². The lowest BCUT2D eigenvalue weighted by molar-refractivity contribution is -0.134. The number of thioether (sulfide) groups is 1. The number of rotatable bonds is 8. The van der Waals surface area contributed by atoms with Crippen molar-refractivity contribution in [1.82, 2.24) is 9.88 Å². The van der Waals surface area contributed by atoms with Crippen LogP contribution in [0.2, 0.25) is 0 Å². The minimum Gasteiger partial charge on any atom is -0.490 e. The molecule has 0 atom stereocenters. The summed E-state index contributed by atoms with van der Waals surface area (Å²) >= 11 is 1.54. The van der Waals surface area contributed by atoms with Crippen LogP contribution in [0.5, 0.6) is 11.5 Å². The normalized spacial score (nSPS) is 13.6. The van der Waals surface area contributed by atoms with Crippen LogP contribution in [0, 0.1) is 0 Å². The number of nitrogens with one attached hydrogen (secondary N) is 1. The average molecular weight is 430 g/mol. The molecule has 160 valence electrons. The lowest BCUT2D eigenvalue weighted by Crippen LogP contribution is -2.38. The van der Waals surface area contributed by atoms with E-state index in [1.807, 2.05) is 30.2 Å². The number of hydrogen-bond acceptors (Lipinski definition) is 6. The summed E-state index contributed by atoms with van der Waals surface area (Å²) in [5.74, 6) is 0.586. The predicted octanol–water partition coefficient (Wildman–Crippen LogP) is 3.85. The average Bonchev–Trinajstić information content (AvgIpc) is 2.79. The lowest BCUT2D eigenvalue weighted by Gasteiger charge is -2.26. The summed E-state index contributed by atoms with van der Waals surface area (Å²) < 4.78 is 11.4. The van der Waals surface area contributed by atoms with Gasteiger partial charge in [-0.25, -0.2) is 4.98 Å². The van der Waals surface area contributed by atoms with Crippen LogP contribution in [-0.4, -0.2) is 54.3 Å². The molecule has 0 saturated carbocycles. The van der Waals surface area contributed by atoms with Crippen molar-refractivity contribution >= 4 is 29.3 Å². The Balaban J connectivity index is 1.65. The lowest BCUT2D eigenvalue weighted by atomic mass is 10.1. The Morgan fingerprint density at radius 3 is 2.57 bits per heavy atom. The quantitative estimate of drug-likeness (QED) is 0.642. The SMILES string of the molecule is CCOc1cc(C(=O)Nc2ccc(SC)nc2)ccc1OCC(=O)N1CCCCC1. The third-order valence-electron chi connectivity index (χ3n) is 4.77. The fraction of sp³-hybridized carbons (Fsp3) is 0.409. The van der Waals surface area contributed by atoms with E-state index >= 15 is 0 Å². The molecule has 7 nitrogen and oxygen atoms in total. The number of benzene rings is 1. The monoisotopic (exact) mass is 429 g/mol. The molecule has 0 spiro atoms. The molecule has 1 saturated heterocycles. The number of likely N-dealkylation sites (tertiary alicyclic amines) is 1. The Bertz CT molecular complexity index is 867. The number of nitrogens with zero attached hydrogens (tertiary/aromatic N) is 2. The molecule has 1 aromatic heterocycles. The number of ether oxygens (including phenoxy) is 2. The largest absolute Gasteiger partial charge is 0.490 e. The molecular weight excluding hydrogens is 402 g/mol. The van der Waals surface area contributed by atoms with Crippen LogP contribution in [-0.2, 0) is 4.79 Å². The molecule has 0 aliphatic carbocycles. The number of hydrogen-bond donors (Lipinski definition) is 1. The van der Waals surface area contributed by atoms with Crippen molar-refractivity contribution in [2.45, 2.75) is 31.2 Å². The van der Waals surface area contributed by atoms with Crippen molar-refractivity contribution in [2.75, 3.05) is 37.9 Å². The minimum atomic E-state index is -0.273. The second kappa shape index (κ2) is 10.9. The summed E-state index contributed by atoms with van der Waals surface area (Å²) in [6.07, 6.45) is 6.81. The Kier molecular flexibility index (Phi) is 7.96. The van der Waals surface area contributed by atoms with E-state index < -0.39 is 0 Å². The van der Waals surface area contributed by atoms with Crippen molar-refractivity contribution in [2.24, 2.45) is 0 Å². The van der Waals surface area contributed by atoms with Gasteiger partial charge in [-0.3, -0.25) is 9.59 Å². The fourth-order valence-electron chi connectivity index (χ4n) is 3.19. The molecule has 2 aromatic rings. The van der Waals surface area contributed by atoms with E-state index in [0.717, 1.165) is 31.0 Å². The predicted molar refractivity (Wildman–Crippen MR) is 118 cm³/mol. The highest BCUT2D eigenvalue weighted by Gasteiger charge is 2.18. The van der Waals surface area contributed by atoms with Gasteiger partial charge < -0.3 is 19.7 Å². The molecule has 1 aromatic carbocycles. The Morgan fingerprint density at radius 1 is 1.10 bits per heavy atom. The van der Waals surface area contributed by atoms with E-state index in [9.17, 15) is 9.59 Å². The molecule has 1 N–H and O–H groups in total. The summed E-state index contributed by atoms with van der Waals surface area (Å²) in [6, 6.07) is 8.61. The van der Waals surface area contributed by atoms with Gasteiger partial charge in [0.1, 0.15) is 0 Å². The van der Waals surface area contributed by atoms with Gasteiger partial charge in [0.2, 0.25) is 0 Å². The van der Waals surface area contributed by atoms with Gasteiger partial charge in [-0.05, 0) is 62.8 Å². The summed E-state index contributed by atoms with van der Waals surface area (Å²) in [5, 5.41) is 3.71. The van der Waals surface area contributed by atoms with E-state index in [-0.39, 0.29) is 18.4 Å². The van der Waals surface area contributed by atoms with Crippen molar-refractivity contribution in [3.63, 3.8) is 0 Å². The zero-order chi connectivity index (χ0) is 21.3. The van der Waals surface area contributed by atoms with Crippen LogP contribution in [0.15, 0.2) is 41.6 Å². The van der Waals surface area contributed by atoms with Crippen molar-refractivity contribution in [3.05, 3.63) is 42.1 Å². The minimum absolute atomic E-state index is 0.0276. The Hall–Kier alpha value is -2.74. The molecule has 0 radical (unpaired) electrons. The number of piperidine rings is 1. The van der Waals surface area contributed by atoms with E-state index in [1.165, 1.54) is 18.2 Å². The molecule has 30 heavy (non-hydrogen) atoms. The third kappa shape index (κ3) is 5.89. The number of amides is 2. The van der Waals surface area contributed by atoms with E-state index in [4.69, 9.17) is 9.47 Å². The van der Waals surface area contributed by atoms with Gasteiger partial charge in [0.15, 0.2) is 18.1 Å². The molecule has 1 fully saturated rings. The van der Waals surface area contributed by atoms with E-state index in [1.54, 1.807) is 24.4 Å². The molecule has 8 heteroatoms. The number of carbonyl (C=O) groups excluding carboxylic acids is 2. The van der Waals surface area contributed by atoms with Crippen molar-refractivity contribution in [1.29, 1.82) is 0 Å². The summed E-state index contributed by atoms with van der Waals surface area (Å²) in [4.78, 5) is 31.0. The topological polar surface area (TPSA) is 80.8 Å². The second-order valence-corrected chi connectivity index (χ2v) is 7.69. The first-order valence-corrected chi connectivity index (χ1v) is 11.3. The van der Waals surface area contributed by atoms with Gasteiger partial charge in [0.05, 0.1) is 23.5 Å². The zero-order valence-corrected chi connectivity index (χ0v) is 18.2. The van der Waals surface area contributed by atoms with Crippen LogP contribution in [0.4, 0.5) is 5.69 Å². The van der Waals surface area contributed by atoms with Crippen LogP contribution < -0.4 is 14.8 Å². The van der Waals surface area contributed by atoms with Crippen molar-refractivity contribution in [3.8, 4) is 11.5 Å². The number of aromatic nitrogens is 1. The van der Waals surface area contributed by atoms with Crippen LogP contribution in [0.3, 0.4) is 0 Å². The highest BCUT2D eigenvalue weighted by Crippen LogP contribution is 2.29.